The van der Waals surface area contributed by atoms with E-state index in [1.807, 2.05) is 0 Å². The van der Waals surface area contributed by atoms with E-state index in [9.17, 15) is 4.79 Å². The van der Waals surface area contributed by atoms with Gasteiger partial charge in [-0.15, -0.1) is 11.3 Å². The highest BCUT2D eigenvalue weighted by atomic mass is 32.1. The molecule has 0 aliphatic rings. The van der Waals surface area contributed by atoms with Crippen LogP contribution in [0.4, 0.5) is 0 Å². The first-order valence-electron chi connectivity index (χ1n) is 3.82. The number of carbonyl (C=O) groups excluding carboxylic acids is 1. The molecule has 0 aromatic carbocycles. The zero-order valence-corrected chi connectivity index (χ0v) is 8.28. The zero-order valence-electron chi connectivity index (χ0n) is 7.47. The standard InChI is InChI=1S/C7H10N4O2S/c1-4(6(8)11-13)10-7(12)5-2-9-3-14-5/h2-4,13H,1H3,(H2,8,11)(H,10,12). The largest absolute Gasteiger partial charge is 0.409 e. The highest BCUT2D eigenvalue weighted by molar-refractivity contribution is 7.11. The monoisotopic (exact) mass is 214 g/mol. The molecule has 1 heterocycles. The number of carbonyl (C=O) groups is 1. The average molecular weight is 214 g/mol. The molecule has 0 aliphatic carbocycles. The van der Waals surface area contributed by atoms with Crippen molar-refractivity contribution >= 4 is 23.1 Å². The number of oxime groups is 1. The Morgan fingerprint density at radius 3 is 3.07 bits per heavy atom. The van der Waals surface area contributed by atoms with Gasteiger partial charge in [0.1, 0.15) is 4.88 Å². The maximum absolute atomic E-state index is 11.4. The van der Waals surface area contributed by atoms with Gasteiger partial charge in [-0.05, 0) is 6.92 Å². The Morgan fingerprint density at radius 2 is 2.57 bits per heavy atom. The third kappa shape index (κ3) is 2.43. The quantitative estimate of drug-likeness (QED) is 0.285. The lowest BCUT2D eigenvalue weighted by molar-refractivity contribution is 0.0952. The summed E-state index contributed by atoms with van der Waals surface area (Å²) in [7, 11) is 0. The molecule has 0 aliphatic heterocycles. The Kier molecular flexibility index (Phi) is 3.41. The minimum absolute atomic E-state index is 0.0390. The summed E-state index contributed by atoms with van der Waals surface area (Å²) in [6, 6.07) is -0.505. The molecule has 6 nitrogen and oxygen atoms in total. The molecule has 1 aromatic heterocycles. The second-order valence-electron chi connectivity index (χ2n) is 2.59. The van der Waals surface area contributed by atoms with Crippen LogP contribution in [0.25, 0.3) is 0 Å². The maximum atomic E-state index is 11.4. The molecule has 76 valence electrons. The summed E-state index contributed by atoms with van der Waals surface area (Å²) >= 11 is 1.23. The van der Waals surface area contributed by atoms with Crippen molar-refractivity contribution in [1.29, 1.82) is 0 Å². The average Bonchev–Trinajstić information content (AvgIpc) is 2.69. The van der Waals surface area contributed by atoms with E-state index >= 15 is 0 Å². The molecule has 0 radical (unpaired) electrons. The first-order chi connectivity index (χ1) is 6.65. The molecule has 0 saturated heterocycles. The molecule has 1 rings (SSSR count). The third-order valence-electron chi connectivity index (χ3n) is 1.56. The van der Waals surface area contributed by atoms with Gasteiger partial charge in [-0.2, -0.15) is 0 Å². The summed E-state index contributed by atoms with van der Waals surface area (Å²) < 4.78 is 0. The second-order valence-corrected chi connectivity index (χ2v) is 3.47. The number of amides is 1. The number of thiazole rings is 1. The molecule has 0 spiro atoms. The van der Waals surface area contributed by atoms with Crippen molar-refractivity contribution in [3.8, 4) is 0 Å². The van der Waals surface area contributed by atoms with E-state index in [1.54, 1.807) is 12.4 Å². The first kappa shape index (κ1) is 10.5. The Hall–Kier alpha value is -1.63. The lowest BCUT2D eigenvalue weighted by Gasteiger charge is -2.10. The molecule has 7 heteroatoms. The summed E-state index contributed by atoms with van der Waals surface area (Å²) in [6.07, 6.45) is 1.46. The van der Waals surface area contributed by atoms with Gasteiger partial charge in [0.05, 0.1) is 17.7 Å². The van der Waals surface area contributed by atoms with Gasteiger partial charge in [0, 0.05) is 0 Å². The van der Waals surface area contributed by atoms with Crippen LogP contribution in [-0.4, -0.2) is 28.0 Å². The van der Waals surface area contributed by atoms with Gasteiger partial charge in [0.25, 0.3) is 5.91 Å². The predicted molar refractivity (Wildman–Crippen MR) is 52.5 cm³/mol. The Morgan fingerprint density at radius 1 is 1.86 bits per heavy atom. The molecule has 14 heavy (non-hydrogen) atoms. The van der Waals surface area contributed by atoms with Gasteiger partial charge in [0.15, 0.2) is 5.84 Å². The van der Waals surface area contributed by atoms with E-state index in [4.69, 9.17) is 10.9 Å². The van der Waals surface area contributed by atoms with Crippen LogP contribution in [0.2, 0.25) is 0 Å². The summed E-state index contributed by atoms with van der Waals surface area (Å²) in [5.74, 6) is -0.325. The molecule has 1 aromatic rings. The van der Waals surface area contributed by atoms with Crippen LogP contribution in [0.3, 0.4) is 0 Å². The molecule has 4 N–H and O–H groups in total. The number of nitrogens with two attached hydrogens (primary N) is 1. The number of aromatic nitrogens is 1. The van der Waals surface area contributed by atoms with E-state index in [0.29, 0.717) is 4.88 Å². The molecule has 0 bridgehead atoms. The van der Waals surface area contributed by atoms with Crippen LogP contribution in [-0.2, 0) is 0 Å². The topological polar surface area (TPSA) is 101 Å². The van der Waals surface area contributed by atoms with Gasteiger partial charge in [-0.25, -0.2) is 0 Å². The number of amidine groups is 1. The number of nitrogens with zero attached hydrogens (tertiary/aromatic N) is 2. The van der Waals surface area contributed by atoms with Crippen molar-refractivity contribution in [1.82, 2.24) is 10.3 Å². The van der Waals surface area contributed by atoms with E-state index in [1.165, 1.54) is 17.5 Å². The minimum atomic E-state index is -0.505. The minimum Gasteiger partial charge on any atom is -0.409 e. The molecule has 0 fully saturated rings. The maximum Gasteiger partial charge on any atom is 0.263 e. The molecule has 0 saturated carbocycles. The SMILES string of the molecule is CC(NC(=O)c1cncs1)C(N)=NO. The molecule has 1 amide bonds. The lowest BCUT2D eigenvalue weighted by atomic mass is 10.3. The summed E-state index contributed by atoms with van der Waals surface area (Å²) in [5.41, 5.74) is 6.85. The highest BCUT2D eigenvalue weighted by Gasteiger charge is 2.13. The number of hydrogen-bond donors (Lipinski definition) is 3. The Bertz CT molecular complexity index is 335. The van der Waals surface area contributed by atoms with Crippen LogP contribution in [0.15, 0.2) is 16.9 Å². The van der Waals surface area contributed by atoms with Crippen LogP contribution < -0.4 is 11.1 Å². The van der Waals surface area contributed by atoms with Crippen LogP contribution >= 0.6 is 11.3 Å². The Labute approximate surface area is 84.4 Å². The van der Waals surface area contributed by atoms with Crippen molar-refractivity contribution in [3.63, 3.8) is 0 Å². The van der Waals surface area contributed by atoms with E-state index in [2.05, 4.69) is 15.5 Å². The van der Waals surface area contributed by atoms with Gasteiger partial charge in [0.2, 0.25) is 0 Å². The van der Waals surface area contributed by atoms with E-state index < -0.39 is 6.04 Å². The number of hydrogen-bond acceptors (Lipinski definition) is 5. The van der Waals surface area contributed by atoms with Crippen LogP contribution in [0, 0.1) is 0 Å². The predicted octanol–water partition coefficient (Wildman–Crippen LogP) is 0.00780. The van der Waals surface area contributed by atoms with Crippen molar-refractivity contribution in [2.75, 3.05) is 0 Å². The van der Waals surface area contributed by atoms with E-state index in [-0.39, 0.29) is 11.7 Å². The van der Waals surface area contributed by atoms with Crippen LogP contribution in [0.5, 0.6) is 0 Å². The third-order valence-corrected chi connectivity index (χ3v) is 2.33. The fourth-order valence-corrected chi connectivity index (χ4v) is 1.28. The van der Waals surface area contributed by atoms with Gasteiger partial charge in [-0.3, -0.25) is 9.78 Å². The smallest absolute Gasteiger partial charge is 0.263 e. The van der Waals surface area contributed by atoms with Crippen molar-refractivity contribution in [3.05, 3.63) is 16.6 Å². The van der Waals surface area contributed by atoms with Crippen LogP contribution in [0.1, 0.15) is 16.6 Å². The fourth-order valence-electron chi connectivity index (χ4n) is 0.756. The van der Waals surface area contributed by atoms with Crippen molar-refractivity contribution < 1.29 is 10.0 Å². The van der Waals surface area contributed by atoms with Gasteiger partial charge in [-0.1, -0.05) is 5.16 Å². The summed E-state index contributed by atoms with van der Waals surface area (Å²) in [5, 5.41) is 13.7. The number of nitrogens with one attached hydrogen (secondary N) is 1. The van der Waals surface area contributed by atoms with Gasteiger partial charge < -0.3 is 16.3 Å². The van der Waals surface area contributed by atoms with E-state index in [0.717, 1.165) is 0 Å². The van der Waals surface area contributed by atoms with Gasteiger partial charge >= 0.3 is 0 Å². The van der Waals surface area contributed by atoms with Crippen molar-refractivity contribution in [2.24, 2.45) is 10.9 Å². The highest BCUT2D eigenvalue weighted by Crippen LogP contribution is 2.04. The molecule has 1 unspecified atom stereocenters. The molecular weight excluding hydrogens is 204 g/mol. The number of rotatable bonds is 3. The Balaban J connectivity index is 2.58. The van der Waals surface area contributed by atoms with Crippen molar-refractivity contribution in [2.45, 2.75) is 13.0 Å². The molecule has 1 atom stereocenters. The molecular formula is C7H10N4O2S. The zero-order chi connectivity index (χ0) is 10.6. The lowest BCUT2D eigenvalue weighted by Crippen LogP contribution is -2.42. The normalized spacial score (nSPS) is 13.6. The summed E-state index contributed by atoms with van der Waals surface area (Å²) in [6.45, 7) is 1.62. The second kappa shape index (κ2) is 4.56. The fraction of sp³-hybridized carbons (Fsp3) is 0.286. The summed E-state index contributed by atoms with van der Waals surface area (Å²) in [4.78, 5) is 15.7. The first-order valence-corrected chi connectivity index (χ1v) is 4.70.